The third kappa shape index (κ3) is 2.69. The smallest absolute Gasteiger partial charge is 0.226 e. The first-order valence-corrected chi connectivity index (χ1v) is 11.8. The van der Waals surface area contributed by atoms with Crippen molar-refractivity contribution in [3.8, 4) is 5.75 Å². The van der Waals surface area contributed by atoms with Gasteiger partial charge in [0.15, 0.2) is 6.10 Å². The second kappa shape index (κ2) is 7.04. The Balaban J connectivity index is 1.61. The lowest BCUT2D eigenvalue weighted by molar-refractivity contribution is 0.226. The van der Waals surface area contributed by atoms with Gasteiger partial charge in [0.05, 0.1) is 5.70 Å². The second-order valence-electron chi connectivity index (χ2n) is 7.17. The number of thioether (sulfide) groups is 1. The molecular weight excluding hydrogens is 412 g/mol. The summed E-state index contributed by atoms with van der Waals surface area (Å²) in [6, 6.07) is 21.0. The monoisotopic (exact) mass is 430 g/mol. The SMILES string of the molecule is CSc1ccc([C@@H]2C3=C(Nc4ncnn42)c2ccccc2O[C@@H]3c2cccs2)cc1. The number of rotatable bonds is 3. The van der Waals surface area contributed by atoms with Crippen molar-refractivity contribution in [1.29, 1.82) is 0 Å². The van der Waals surface area contributed by atoms with E-state index < -0.39 is 0 Å². The maximum absolute atomic E-state index is 6.58. The fourth-order valence-electron chi connectivity index (χ4n) is 4.20. The average Bonchev–Trinajstić information content (AvgIpc) is 3.49. The molecule has 30 heavy (non-hydrogen) atoms. The zero-order valence-electron chi connectivity index (χ0n) is 16.1. The van der Waals surface area contributed by atoms with Crippen LogP contribution in [0.5, 0.6) is 5.75 Å². The van der Waals surface area contributed by atoms with Crippen LogP contribution in [0.1, 0.15) is 28.1 Å². The molecule has 7 heteroatoms. The number of benzene rings is 2. The number of ether oxygens (including phenoxy) is 1. The van der Waals surface area contributed by atoms with Crippen LogP contribution in [0.25, 0.3) is 5.70 Å². The molecule has 0 saturated carbocycles. The topological polar surface area (TPSA) is 52.0 Å². The van der Waals surface area contributed by atoms with Crippen molar-refractivity contribution in [2.45, 2.75) is 17.0 Å². The molecule has 2 atom stereocenters. The Kier molecular flexibility index (Phi) is 4.17. The van der Waals surface area contributed by atoms with E-state index in [0.29, 0.717) is 0 Å². The molecule has 0 bridgehead atoms. The summed E-state index contributed by atoms with van der Waals surface area (Å²) in [5, 5.41) is 10.2. The fraction of sp³-hybridized carbons (Fsp3) is 0.130. The number of hydrogen-bond acceptors (Lipinski definition) is 6. The van der Waals surface area contributed by atoms with Crippen LogP contribution in [0, 0.1) is 0 Å². The molecule has 1 N–H and O–H groups in total. The number of nitrogens with one attached hydrogen (secondary N) is 1. The zero-order valence-corrected chi connectivity index (χ0v) is 17.8. The van der Waals surface area contributed by atoms with Gasteiger partial charge in [-0.15, -0.1) is 23.1 Å². The Labute approximate surface area is 182 Å². The third-order valence-corrected chi connectivity index (χ3v) is 7.21. The second-order valence-corrected chi connectivity index (χ2v) is 9.03. The number of para-hydroxylation sites is 1. The number of thiophene rings is 1. The molecule has 0 amide bonds. The van der Waals surface area contributed by atoms with E-state index in [1.807, 2.05) is 22.9 Å². The number of nitrogens with zero attached hydrogens (tertiary/aromatic N) is 3. The minimum atomic E-state index is -0.190. The molecule has 0 radical (unpaired) electrons. The quantitative estimate of drug-likeness (QED) is 0.428. The number of anilines is 1. The molecular formula is C23H18N4OS2. The van der Waals surface area contributed by atoms with Gasteiger partial charge in [-0.3, -0.25) is 0 Å². The van der Waals surface area contributed by atoms with E-state index in [9.17, 15) is 0 Å². The fourth-order valence-corrected chi connectivity index (χ4v) is 5.38. The summed E-state index contributed by atoms with van der Waals surface area (Å²) >= 11 is 3.45. The summed E-state index contributed by atoms with van der Waals surface area (Å²) in [5.41, 5.74) is 4.44. The van der Waals surface area contributed by atoms with Crippen LogP contribution in [0.15, 0.2) is 82.8 Å². The lowest BCUT2D eigenvalue weighted by atomic mass is 9.87. The standard InChI is InChI=1S/C23H18N4OS2/c1-29-15-10-8-14(9-11-15)21-19-20(26-23-24-13-25-27(21)23)16-5-2-3-6-17(16)28-22(19)18-7-4-12-30-18/h2-13,21-22H,1H3,(H,24,25,26)/t21-,22-/m1/s1. The minimum absolute atomic E-state index is 0.102. The highest BCUT2D eigenvalue weighted by Gasteiger charge is 2.41. The van der Waals surface area contributed by atoms with Gasteiger partial charge in [-0.2, -0.15) is 10.1 Å². The maximum atomic E-state index is 6.58. The highest BCUT2D eigenvalue weighted by atomic mass is 32.2. The van der Waals surface area contributed by atoms with Crippen LogP contribution in [0.3, 0.4) is 0 Å². The molecule has 2 aromatic carbocycles. The highest BCUT2D eigenvalue weighted by molar-refractivity contribution is 7.98. The van der Waals surface area contributed by atoms with Gasteiger partial charge >= 0.3 is 0 Å². The molecule has 0 fully saturated rings. The summed E-state index contributed by atoms with van der Waals surface area (Å²) in [6.07, 6.45) is 3.51. The minimum Gasteiger partial charge on any atom is -0.480 e. The predicted molar refractivity (Wildman–Crippen MR) is 121 cm³/mol. The Morgan fingerprint density at radius 1 is 1.07 bits per heavy atom. The molecule has 2 aliphatic heterocycles. The molecule has 0 spiro atoms. The highest BCUT2D eigenvalue weighted by Crippen LogP contribution is 2.51. The van der Waals surface area contributed by atoms with E-state index in [-0.39, 0.29) is 12.1 Å². The van der Waals surface area contributed by atoms with Gasteiger partial charge in [-0.25, -0.2) is 4.68 Å². The maximum Gasteiger partial charge on any atom is 0.226 e. The molecule has 5 nitrogen and oxygen atoms in total. The number of hydrogen-bond donors (Lipinski definition) is 1. The third-order valence-electron chi connectivity index (χ3n) is 5.55. The van der Waals surface area contributed by atoms with Gasteiger partial charge in [-0.05, 0) is 47.5 Å². The van der Waals surface area contributed by atoms with Gasteiger partial charge in [0, 0.05) is 20.9 Å². The molecule has 0 unspecified atom stereocenters. The van der Waals surface area contributed by atoms with E-state index in [4.69, 9.17) is 4.74 Å². The molecule has 4 heterocycles. The summed E-state index contributed by atoms with van der Waals surface area (Å²) < 4.78 is 8.54. The van der Waals surface area contributed by atoms with E-state index in [0.717, 1.165) is 34.1 Å². The first-order chi connectivity index (χ1) is 14.8. The van der Waals surface area contributed by atoms with Crippen molar-refractivity contribution < 1.29 is 4.74 Å². The Morgan fingerprint density at radius 3 is 2.73 bits per heavy atom. The van der Waals surface area contributed by atoms with Crippen LogP contribution < -0.4 is 10.1 Å². The number of fused-ring (bicyclic) bond motifs is 3. The van der Waals surface area contributed by atoms with Crippen molar-refractivity contribution in [3.63, 3.8) is 0 Å². The largest absolute Gasteiger partial charge is 0.480 e. The molecule has 4 aromatic rings. The van der Waals surface area contributed by atoms with E-state index in [2.05, 4.69) is 69.5 Å². The van der Waals surface area contributed by atoms with Crippen LogP contribution in [-0.4, -0.2) is 21.0 Å². The Hall–Kier alpha value is -3.03. The first-order valence-electron chi connectivity index (χ1n) is 9.67. The van der Waals surface area contributed by atoms with Crippen molar-refractivity contribution in [2.24, 2.45) is 0 Å². The van der Waals surface area contributed by atoms with Gasteiger partial charge in [0.25, 0.3) is 0 Å². The molecule has 148 valence electrons. The van der Waals surface area contributed by atoms with Gasteiger partial charge in [0.1, 0.15) is 18.1 Å². The molecule has 2 aliphatic rings. The van der Waals surface area contributed by atoms with Gasteiger partial charge in [-0.1, -0.05) is 30.3 Å². The molecule has 6 rings (SSSR count). The summed E-state index contributed by atoms with van der Waals surface area (Å²) in [4.78, 5) is 6.89. The average molecular weight is 431 g/mol. The van der Waals surface area contributed by atoms with E-state index in [1.54, 1.807) is 29.4 Å². The van der Waals surface area contributed by atoms with Crippen molar-refractivity contribution in [3.05, 3.63) is 93.9 Å². The van der Waals surface area contributed by atoms with Crippen LogP contribution in [0.2, 0.25) is 0 Å². The zero-order chi connectivity index (χ0) is 20.1. The van der Waals surface area contributed by atoms with Crippen molar-refractivity contribution in [2.75, 3.05) is 11.6 Å². The summed E-state index contributed by atoms with van der Waals surface area (Å²) in [7, 11) is 0. The van der Waals surface area contributed by atoms with Crippen LogP contribution in [0.4, 0.5) is 5.95 Å². The molecule has 2 aromatic heterocycles. The van der Waals surface area contributed by atoms with E-state index in [1.165, 1.54) is 9.77 Å². The lowest BCUT2D eigenvalue weighted by Crippen LogP contribution is -2.32. The van der Waals surface area contributed by atoms with Crippen molar-refractivity contribution >= 4 is 34.7 Å². The first kappa shape index (κ1) is 17.8. The molecule has 0 aliphatic carbocycles. The number of aromatic nitrogens is 3. The van der Waals surface area contributed by atoms with Crippen molar-refractivity contribution in [1.82, 2.24) is 14.8 Å². The normalized spacial score (nSPS) is 19.4. The Bertz CT molecular complexity index is 1240. The lowest BCUT2D eigenvalue weighted by Gasteiger charge is -2.38. The van der Waals surface area contributed by atoms with Gasteiger partial charge < -0.3 is 10.1 Å². The van der Waals surface area contributed by atoms with Crippen LogP contribution >= 0.6 is 23.1 Å². The summed E-state index contributed by atoms with van der Waals surface area (Å²) in [5.74, 6) is 1.63. The van der Waals surface area contributed by atoms with E-state index >= 15 is 0 Å². The predicted octanol–water partition coefficient (Wildman–Crippen LogP) is 5.62. The van der Waals surface area contributed by atoms with Crippen LogP contribution in [-0.2, 0) is 0 Å². The molecule has 0 saturated heterocycles. The van der Waals surface area contributed by atoms with Gasteiger partial charge in [0.2, 0.25) is 5.95 Å². The Morgan fingerprint density at radius 2 is 1.93 bits per heavy atom. The summed E-state index contributed by atoms with van der Waals surface area (Å²) in [6.45, 7) is 0.